The number of anilines is 1. The third kappa shape index (κ3) is 2.80. The van der Waals surface area contributed by atoms with Crippen LogP contribution in [0.15, 0.2) is 28.8 Å². The van der Waals surface area contributed by atoms with E-state index in [1.165, 1.54) is 3.57 Å². The fourth-order valence-corrected chi connectivity index (χ4v) is 2.33. The van der Waals surface area contributed by atoms with Crippen molar-refractivity contribution < 1.29 is 4.52 Å². The van der Waals surface area contributed by atoms with Crippen molar-refractivity contribution in [3.05, 3.63) is 33.4 Å². The van der Waals surface area contributed by atoms with Crippen LogP contribution in [0, 0.1) is 9.49 Å². The molecule has 1 aromatic carbocycles. The Balaban J connectivity index is 2.45. The standard InChI is InChI=1S/C13H15IN2O/c1-8(2)6-11-12(16-17-13(11)15)9-4-3-5-10(14)7-9/h3-5,7-8H,6,15H2,1-2H3. The van der Waals surface area contributed by atoms with Crippen molar-refractivity contribution in [2.45, 2.75) is 20.3 Å². The first kappa shape index (κ1) is 12.4. The predicted molar refractivity (Wildman–Crippen MR) is 77.6 cm³/mol. The molecular weight excluding hydrogens is 327 g/mol. The largest absolute Gasteiger partial charge is 0.367 e. The van der Waals surface area contributed by atoms with Crippen LogP contribution in [-0.2, 0) is 6.42 Å². The molecule has 0 atom stereocenters. The summed E-state index contributed by atoms with van der Waals surface area (Å²) in [7, 11) is 0. The Bertz CT molecular complexity index is 520. The van der Waals surface area contributed by atoms with E-state index >= 15 is 0 Å². The maximum absolute atomic E-state index is 5.83. The number of nitrogen functional groups attached to an aromatic ring is 1. The topological polar surface area (TPSA) is 52.0 Å². The Morgan fingerprint density at radius 3 is 2.82 bits per heavy atom. The van der Waals surface area contributed by atoms with E-state index in [-0.39, 0.29) is 0 Å². The molecule has 0 spiro atoms. The molecule has 0 bridgehead atoms. The summed E-state index contributed by atoms with van der Waals surface area (Å²) in [6.07, 6.45) is 0.885. The Kier molecular flexibility index (Phi) is 3.71. The van der Waals surface area contributed by atoms with Crippen molar-refractivity contribution in [1.82, 2.24) is 5.16 Å². The molecule has 0 radical (unpaired) electrons. The molecule has 0 saturated carbocycles. The molecule has 4 heteroatoms. The van der Waals surface area contributed by atoms with Crippen LogP contribution in [0.5, 0.6) is 0 Å². The number of rotatable bonds is 3. The fraction of sp³-hybridized carbons (Fsp3) is 0.308. The van der Waals surface area contributed by atoms with E-state index in [4.69, 9.17) is 10.3 Å². The molecule has 2 rings (SSSR count). The number of nitrogens with zero attached hydrogens (tertiary/aromatic N) is 1. The molecule has 0 fully saturated rings. The van der Waals surface area contributed by atoms with Crippen molar-refractivity contribution in [2.75, 3.05) is 5.73 Å². The van der Waals surface area contributed by atoms with Crippen LogP contribution in [0.25, 0.3) is 11.3 Å². The SMILES string of the molecule is CC(C)Cc1c(-c2cccc(I)c2)noc1N. The molecule has 0 aliphatic heterocycles. The number of aromatic nitrogens is 1. The van der Waals surface area contributed by atoms with E-state index in [0.717, 1.165) is 23.2 Å². The molecule has 2 aromatic rings. The molecule has 1 heterocycles. The van der Waals surface area contributed by atoms with Crippen molar-refractivity contribution in [3.8, 4) is 11.3 Å². The van der Waals surface area contributed by atoms with Gasteiger partial charge in [0.05, 0.1) is 0 Å². The lowest BCUT2D eigenvalue weighted by atomic mass is 9.99. The van der Waals surface area contributed by atoms with Gasteiger partial charge in [-0.05, 0) is 47.1 Å². The van der Waals surface area contributed by atoms with Gasteiger partial charge in [-0.1, -0.05) is 31.1 Å². The van der Waals surface area contributed by atoms with E-state index in [0.29, 0.717) is 11.8 Å². The zero-order valence-corrected chi connectivity index (χ0v) is 12.1. The number of halogens is 1. The van der Waals surface area contributed by atoms with E-state index in [1.807, 2.05) is 12.1 Å². The van der Waals surface area contributed by atoms with E-state index < -0.39 is 0 Å². The summed E-state index contributed by atoms with van der Waals surface area (Å²) in [5.74, 6) is 0.964. The van der Waals surface area contributed by atoms with Crippen LogP contribution in [0.2, 0.25) is 0 Å². The molecule has 1 aromatic heterocycles. The lowest BCUT2D eigenvalue weighted by Gasteiger charge is -2.05. The second kappa shape index (κ2) is 5.08. The van der Waals surface area contributed by atoms with Gasteiger partial charge >= 0.3 is 0 Å². The normalized spacial score (nSPS) is 11.1. The van der Waals surface area contributed by atoms with Gasteiger partial charge in [-0.3, -0.25) is 0 Å². The van der Waals surface area contributed by atoms with Gasteiger partial charge in [-0.2, -0.15) is 0 Å². The first-order chi connectivity index (χ1) is 8.08. The maximum Gasteiger partial charge on any atom is 0.225 e. The van der Waals surface area contributed by atoms with Crippen molar-refractivity contribution in [3.63, 3.8) is 0 Å². The average Bonchev–Trinajstić information content (AvgIpc) is 2.60. The van der Waals surface area contributed by atoms with Crippen LogP contribution in [0.1, 0.15) is 19.4 Å². The van der Waals surface area contributed by atoms with Crippen LogP contribution in [0.4, 0.5) is 5.88 Å². The summed E-state index contributed by atoms with van der Waals surface area (Å²) in [4.78, 5) is 0. The van der Waals surface area contributed by atoms with Gasteiger partial charge in [-0.15, -0.1) is 0 Å². The number of nitrogens with two attached hydrogens (primary N) is 1. The Hall–Kier alpha value is -1.04. The van der Waals surface area contributed by atoms with Gasteiger partial charge in [0.2, 0.25) is 5.88 Å². The summed E-state index contributed by atoms with van der Waals surface area (Å²) >= 11 is 2.29. The van der Waals surface area contributed by atoms with Gasteiger partial charge in [-0.25, -0.2) is 0 Å². The van der Waals surface area contributed by atoms with Crippen LogP contribution >= 0.6 is 22.6 Å². The van der Waals surface area contributed by atoms with Crippen molar-refractivity contribution in [2.24, 2.45) is 5.92 Å². The van der Waals surface area contributed by atoms with Gasteiger partial charge in [0, 0.05) is 14.7 Å². The van der Waals surface area contributed by atoms with Gasteiger partial charge in [0.15, 0.2) is 0 Å². The number of benzene rings is 1. The lowest BCUT2D eigenvalue weighted by Crippen LogP contribution is -1.98. The Morgan fingerprint density at radius 2 is 2.18 bits per heavy atom. The second-order valence-electron chi connectivity index (χ2n) is 4.48. The lowest BCUT2D eigenvalue weighted by molar-refractivity contribution is 0.438. The molecule has 0 amide bonds. The zero-order chi connectivity index (χ0) is 12.4. The van der Waals surface area contributed by atoms with Gasteiger partial charge < -0.3 is 10.3 Å². The second-order valence-corrected chi connectivity index (χ2v) is 5.73. The molecule has 0 aliphatic rings. The summed E-state index contributed by atoms with van der Waals surface area (Å²) in [6.45, 7) is 4.32. The number of hydrogen-bond donors (Lipinski definition) is 1. The Morgan fingerprint density at radius 1 is 1.41 bits per heavy atom. The van der Waals surface area contributed by atoms with Crippen LogP contribution < -0.4 is 5.73 Å². The van der Waals surface area contributed by atoms with Crippen molar-refractivity contribution >= 4 is 28.5 Å². The summed E-state index contributed by atoms with van der Waals surface area (Å²) in [5, 5.41) is 4.08. The molecule has 2 N–H and O–H groups in total. The van der Waals surface area contributed by atoms with E-state index in [1.54, 1.807) is 0 Å². The molecular formula is C13H15IN2O. The summed E-state index contributed by atoms with van der Waals surface area (Å²) in [5.41, 5.74) is 8.78. The zero-order valence-electron chi connectivity index (χ0n) is 9.90. The monoisotopic (exact) mass is 342 g/mol. The van der Waals surface area contributed by atoms with Gasteiger partial charge in [0.1, 0.15) is 5.69 Å². The minimum Gasteiger partial charge on any atom is -0.367 e. The highest BCUT2D eigenvalue weighted by molar-refractivity contribution is 14.1. The first-order valence-corrected chi connectivity index (χ1v) is 6.65. The summed E-state index contributed by atoms with van der Waals surface area (Å²) < 4.78 is 6.29. The molecule has 90 valence electrons. The minimum atomic E-state index is 0.438. The highest BCUT2D eigenvalue weighted by Crippen LogP contribution is 2.29. The fourth-order valence-electron chi connectivity index (χ4n) is 1.79. The quantitative estimate of drug-likeness (QED) is 0.865. The first-order valence-electron chi connectivity index (χ1n) is 5.58. The Labute approximate surface area is 115 Å². The number of hydrogen-bond acceptors (Lipinski definition) is 3. The van der Waals surface area contributed by atoms with Crippen molar-refractivity contribution in [1.29, 1.82) is 0 Å². The summed E-state index contributed by atoms with van der Waals surface area (Å²) in [6, 6.07) is 8.18. The molecule has 0 saturated heterocycles. The molecule has 0 unspecified atom stereocenters. The minimum absolute atomic E-state index is 0.438. The van der Waals surface area contributed by atoms with Crippen LogP contribution in [-0.4, -0.2) is 5.16 Å². The third-order valence-electron chi connectivity index (χ3n) is 2.53. The van der Waals surface area contributed by atoms with Crippen LogP contribution in [0.3, 0.4) is 0 Å². The third-order valence-corrected chi connectivity index (χ3v) is 3.20. The average molecular weight is 342 g/mol. The van der Waals surface area contributed by atoms with Gasteiger partial charge in [0.25, 0.3) is 0 Å². The van der Waals surface area contributed by atoms with E-state index in [9.17, 15) is 0 Å². The maximum atomic E-state index is 5.83. The molecule has 3 nitrogen and oxygen atoms in total. The van der Waals surface area contributed by atoms with E-state index in [2.05, 4.69) is 53.7 Å². The smallest absolute Gasteiger partial charge is 0.225 e. The molecule has 0 aliphatic carbocycles. The molecule has 17 heavy (non-hydrogen) atoms. The highest BCUT2D eigenvalue weighted by atomic mass is 127. The predicted octanol–water partition coefficient (Wildman–Crippen LogP) is 3.73. The highest BCUT2D eigenvalue weighted by Gasteiger charge is 2.16.